The van der Waals surface area contributed by atoms with E-state index in [1.54, 1.807) is 0 Å². The van der Waals surface area contributed by atoms with E-state index in [0.29, 0.717) is 0 Å². The molecule has 0 spiro atoms. The van der Waals surface area contributed by atoms with E-state index in [1.165, 1.54) is 13.0 Å². The molecule has 0 bridgehead atoms. The summed E-state index contributed by atoms with van der Waals surface area (Å²) < 4.78 is 59.7. The SMILES string of the molecule is Cc1c(NC(N)=S)cc(S(=O)(=O)O)cc1NS(=O)(=O)c1cccc([N+](=O)[O-])c1. The number of non-ortho nitro benzene ring substituents is 1. The number of hydrogen-bond donors (Lipinski definition) is 4. The fraction of sp³-hybridized carbons (Fsp3) is 0.0714. The Morgan fingerprint density at radius 2 is 1.75 bits per heavy atom. The molecule has 0 saturated heterocycles. The van der Waals surface area contributed by atoms with Crippen molar-refractivity contribution in [2.45, 2.75) is 16.7 Å². The van der Waals surface area contributed by atoms with Crippen molar-refractivity contribution in [1.29, 1.82) is 0 Å². The van der Waals surface area contributed by atoms with Crippen LogP contribution in [0.15, 0.2) is 46.2 Å². The second-order valence-corrected chi connectivity index (χ2v) is 9.01. The molecule has 0 radical (unpaired) electrons. The molecule has 2 aromatic carbocycles. The molecular formula is C14H14N4O7S3. The summed E-state index contributed by atoms with van der Waals surface area (Å²) >= 11 is 4.69. The van der Waals surface area contributed by atoms with Crippen molar-refractivity contribution < 1.29 is 26.3 Å². The van der Waals surface area contributed by atoms with E-state index >= 15 is 0 Å². The Bertz CT molecular complexity index is 1180. The van der Waals surface area contributed by atoms with Crippen molar-refractivity contribution in [3.8, 4) is 0 Å². The zero-order valence-electron chi connectivity index (χ0n) is 14.1. The van der Waals surface area contributed by atoms with E-state index in [4.69, 9.17) is 18.0 Å². The van der Waals surface area contributed by atoms with Gasteiger partial charge in [-0.3, -0.25) is 19.4 Å². The van der Waals surface area contributed by atoms with Gasteiger partial charge in [0, 0.05) is 17.8 Å². The third-order valence-corrected chi connectivity index (χ3v) is 5.82. The van der Waals surface area contributed by atoms with E-state index in [-0.39, 0.29) is 22.1 Å². The highest BCUT2D eigenvalue weighted by atomic mass is 32.2. The summed E-state index contributed by atoms with van der Waals surface area (Å²) in [5.41, 5.74) is 4.98. The minimum Gasteiger partial charge on any atom is -0.376 e. The van der Waals surface area contributed by atoms with Gasteiger partial charge < -0.3 is 11.1 Å². The first-order valence-corrected chi connectivity index (χ1v) is 10.6. The molecular weight excluding hydrogens is 432 g/mol. The summed E-state index contributed by atoms with van der Waals surface area (Å²) in [6.45, 7) is 1.44. The molecule has 150 valence electrons. The van der Waals surface area contributed by atoms with Crippen molar-refractivity contribution in [1.82, 2.24) is 0 Å². The number of nitrogens with zero attached hydrogens (tertiary/aromatic N) is 1. The third kappa shape index (κ3) is 4.92. The molecule has 14 heteroatoms. The molecule has 11 nitrogen and oxygen atoms in total. The van der Waals surface area contributed by atoms with Gasteiger partial charge in [0.15, 0.2) is 5.11 Å². The Labute approximate surface area is 165 Å². The van der Waals surface area contributed by atoms with Crippen LogP contribution in [0.25, 0.3) is 0 Å². The molecule has 0 aromatic heterocycles. The van der Waals surface area contributed by atoms with Gasteiger partial charge >= 0.3 is 0 Å². The predicted molar refractivity (Wildman–Crippen MR) is 105 cm³/mol. The number of rotatable bonds is 6. The Kier molecular flexibility index (Phi) is 5.88. The first kappa shape index (κ1) is 21.5. The van der Waals surface area contributed by atoms with E-state index in [0.717, 1.165) is 30.3 Å². The fourth-order valence-corrected chi connectivity index (χ4v) is 3.97. The first-order chi connectivity index (χ1) is 12.8. The molecule has 0 amide bonds. The van der Waals surface area contributed by atoms with Gasteiger partial charge in [-0.25, -0.2) is 8.42 Å². The van der Waals surface area contributed by atoms with Crippen molar-refractivity contribution in [2.75, 3.05) is 10.0 Å². The highest BCUT2D eigenvalue weighted by Gasteiger charge is 2.22. The van der Waals surface area contributed by atoms with Gasteiger partial charge in [-0.15, -0.1) is 0 Å². The number of nitrogens with two attached hydrogens (primary N) is 1. The van der Waals surface area contributed by atoms with Gasteiger partial charge in [0.05, 0.1) is 20.4 Å². The number of anilines is 2. The molecule has 0 unspecified atom stereocenters. The van der Waals surface area contributed by atoms with Gasteiger partial charge in [0.1, 0.15) is 0 Å². The second-order valence-electron chi connectivity index (χ2n) is 5.47. The average Bonchev–Trinajstić information content (AvgIpc) is 2.56. The van der Waals surface area contributed by atoms with Crippen LogP contribution in [0.4, 0.5) is 17.1 Å². The molecule has 2 aromatic rings. The fourth-order valence-electron chi connectivity index (χ4n) is 2.17. The molecule has 0 aliphatic rings. The molecule has 2 rings (SSSR count). The third-order valence-electron chi connectivity index (χ3n) is 3.52. The molecule has 0 heterocycles. The quantitative estimate of drug-likeness (QED) is 0.220. The lowest BCUT2D eigenvalue weighted by molar-refractivity contribution is -0.385. The van der Waals surface area contributed by atoms with Gasteiger partial charge in [0.25, 0.3) is 25.8 Å². The van der Waals surface area contributed by atoms with Gasteiger partial charge in [-0.05, 0) is 42.9 Å². The summed E-state index contributed by atoms with van der Waals surface area (Å²) in [6.07, 6.45) is 0. The van der Waals surface area contributed by atoms with Crippen LogP contribution >= 0.6 is 12.2 Å². The number of nitrogens with one attached hydrogen (secondary N) is 2. The van der Waals surface area contributed by atoms with E-state index in [9.17, 15) is 31.5 Å². The Morgan fingerprint density at radius 1 is 1.14 bits per heavy atom. The van der Waals surface area contributed by atoms with Gasteiger partial charge in [-0.1, -0.05) is 6.07 Å². The van der Waals surface area contributed by atoms with Crippen LogP contribution in [0, 0.1) is 17.0 Å². The topological polar surface area (TPSA) is 182 Å². The Balaban J connectivity index is 2.59. The summed E-state index contributed by atoms with van der Waals surface area (Å²) in [6, 6.07) is 6.20. The average molecular weight is 446 g/mol. The van der Waals surface area contributed by atoms with Crippen molar-refractivity contribution in [3.05, 3.63) is 52.1 Å². The van der Waals surface area contributed by atoms with E-state index in [2.05, 4.69) is 10.0 Å². The lowest BCUT2D eigenvalue weighted by Crippen LogP contribution is -2.21. The summed E-state index contributed by atoms with van der Waals surface area (Å²) in [4.78, 5) is 9.07. The predicted octanol–water partition coefficient (Wildman–Crippen LogP) is 1.61. The van der Waals surface area contributed by atoms with Crippen molar-refractivity contribution in [2.24, 2.45) is 5.73 Å². The Hall–Kier alpha value is -2.81. The second kappa shape index (κ2) is 7.67. The van der Waals surface area contributed by atoms with Crippen LogP contribution in [0.5, 0.6) is 0 Å². The summed E-state index contributed by atoms with van der Waals surface area (Å²) in [7, 11) is -9.01. The van der Waals surface area contributed by atoms with Crippen LogP contribution < -0.4 is 15.8 Å². The minimum atomic E-state index is -4.69. The molecule has 0 fully saturated rings. The number of benzene rings is 2. The maximum Gasteiger partial charge on any atom is 0.294 e. The highest BCUT2D eigenvalue weighted by molar-refractivity contribution is 7.92. The first-order valence-electron chi connectivity index (χ1n) is 7.27. The zero-order valence-corrected chi connectivity index (χ0v) is 16.6. The minimum absolute atomic E-state index is 0.0411. The van der Waals surface area contributed by atoms with Crippen LogP contribution in [0.1, 0.15) is 5.56 Å². The van der Waals surface area contributed by atoms with Crippen molar-refractivity contribution in [3.63, 3.8) is 0 Å². The molecule has 5 N–H and O–H groups in total. The summed E-state index contributed by atoms with van der Waals surface area (Å²) in [5, 5.41) is 13.1. The molecule has 0 aliphatic heterocycles. The van der Waals surface area contributed by atoms with E-state index < -0.39 is 40.5 Å². The van der Waals surface area contributed by atoms with Crippen LogP contribution in [-0.2, 0) is 20.1 Å². The lowest BCUT2D eigenvalue weighted by Gasteiger charge is -2.16. The van der Waals surface area contributed by atoms with Crippen molar-refractivity contribution >= 4 is 54.5 Å². The molecule has 0 saturated carbocycles. The molecule has 28 heavy (non-hydrogen) atoms. The maximum atomic E-state index is 12.6. The maximum absolute atomic E-state index is 12.6. The normalized spacial score (nSPS) is 11.6. The highest BCUT2D eigenvalue weighted by Crippen LogP contribution is 2.30. The van der Waals surface area contributed by atoms with E-state index in [1.807, 2.05) is 0 Å². The van der Waals surface area contributed by atoms with Crippen LogP contribution in [0.3, 0.4) is 0 Å². The standard InChI is InChI=1S/C14H14N4O7S3/c1-8-12(16-14(15)26)6-11(28(23,24)25)7-13(8)17-27(21,22)10-4-2-3-9(5-10)18(19)20/h2-7,17H,1H3,(H3,15,16,26)(H,23,24,25). The zero-order chi connectivity index (χ0) is 21.3. The summed E-state index contributed by atoms with van der Waals surface area (Å²) in [5.74, 6) is 0. The van der Waals surface area contributed by atoms with Gasteiger partial charge in [-0.2, -0.15) is 8.42 Å². The number of thiocarbonyl (C=S) groups is 1. The number of nitro benzene ring substituents is 1. The Morgan fingerprint density at radius 3 is 2.29 bits per heavy atom. The number of nitro groups is 1. The van der Waals surface area contributed by atoms with Crippen LogP contribution in [-0.4, -0.2) is 31.4 Å². The smallest absolute Gasteiger partial charge is 0.294 e. The largest absolute Gasteiger partial charge is 0.376 e. The lowest BCUT2D eigenvalue weighted by atomic mass is 10.1. The van der Waals surface area contributed by atoms with Crippen LogP contribution in [0.2, 0.25) is 0 Å². The molecule has 0 atom stereocenters. The monoisotopic (exact) mass is 446 g/mol. The molecule has 0 aliphatic carbocycles. The number of sulfonamides is 1. The number of hydrogen-bond acceptors (Lipinski definition) is 7. The van der Waals surface area contributed by atoms with Gasteiger partial charge in [0.2, 0.25) is 0 Å².